The van der Waals surface area contributed by atoms with Gasteiger partial charge in [0.05, 0.1) is 6.20 Å². The summed E-state index contributed by atoms with van der Waals surface area (Å²) in [6.45, 7) is 1.77. The number of nitrogens with zero attached hydrogens (tertiary/aromatic N) is 2. The van der Waals surface area contributed by atoms with Crippen LogP contribution in [-0.4, -0.2) is 42.9 Å². The van der Waals surface area contributed by atoms with Gasteiger partial charge in [-0.15, -0.1) is 0 Å². The van der Waals surface area contributed by atoms with Gasteiger partial charge in [-0.25, -0.2) is 12.7 Å². The number of carbonyl (C=O) groups excluding carboxylic acids is 1. The van der Waals surface area contributed by atoms with E-state index in [1.54, 1.807) is 13.1 Å². The molecule has 2 aromatic rings. The molecular formula is C11H14N4O4S. The van der Waals surface area contributed by atoms with Gasteiger partial charge in [-0.05, 0) is 19.1 Å². The van der Waals surface area contributed by atoms with Gasteiger partial charge in [0.2, 0.25) is 5.09 Å². The fraction of sp³-hybridized carbons (Fsp3) is 0.273. The molecular weight excluding hydrogens is 284 g/mol. The standard InChI is InChI=1S/C11H14N4O4S/c1-7-6-12-14-10(7)13-11(16)8-4-5-9(19-8)20(17,18)15(2)3/h4-6H,1-3H3,(H2,12,13,14,16). The number of aromatic amines is 1. The molecule has 0 aliphatic heterocycles. The van der Waals surface area contributed by atoms with Crippen molar-refractivity contribution in [3.05, 3.63) is 29.7 Å². The van der Waals surface area contributed by atoms with E-state index in [0.29, 0.717) is 5.82 Å². The van der Waals surface area contributed by atoms with E-state index in [9.17, 15) is 13.2 Å². The Bertz CT molecular complexity index is 729. The van der Waals surface area contributed by atoms with Crippen molar-refractivity contribution in [3.8, 4) is 0 Å². The second-order valence-corrected chi connectivity index (χ2v) is 6.37. The Kier molecular flexibility index (Phi) is 3.64. The molecule has 9 heteroatoms. The number of H-pyrrole nitrogens is 1. The fourth-order valence-corrected chi connectivity index (χ4v) is 2.20. The summed E-state index contributed by atoms with van der Waals surface area (Å²) in [5.41, 5.74) is 0.756. The monoisotopic (exact) mass is 298 g/mol. The number of nitrogens with one attached hydrogen (secondary N) is 2. The average Bonchev–Trinajstić information content (AvgIpc) is 2.99. The van der Waals surface area contributed by atoms with E-state index < -0.39 is 15.9 Å². The summed E-state index contributed by atoms with van der Waals surface area (Å²) >= 11 is 0. The van der Waals surface area contributed by atoms with Crippen LogP contribution in [0, 0.1) is 6.92 Å². The van der Waals surface area contributed by atoms with Crippen molar-refractivity contribution in [2.24, 2.45) is 0 Å². The molecule has 2 aromatic heterocycles. The Labute approximate surface area is 115 Å². The summed E-state index contributed by atoms with van der Waals surface area (Å²) < 4.78 is 29.7. The molecule has 8 nitrogen and oxygen atoms in total. The molecule has 0 aliphatic carbocycles. The minimum absolute atomic E-state index is 0.0978. The third kappa shape index (κ3) is 2.58. The highest BCUT2D eigenvalue weighted by atomic mass is 32.2. The average molecular weight is 298 g/mol. The summed E-state index contributed by atoms with van der Waals surface area (Å²) in [6.07, 6.45) is 1.56. The van der Waals surface area contributed by atoms with Crippen molar-refractivity contribution in [2.75, 3.05) is 19.4 Å². The van der Waals surface area contributed by atoms with Crippen LogP contribution in [0.1, 0.15) is 16.1 Å². The first kappa shape index (κ1) is 14.3. The van der Waals surface area contributed by atoms with E-state index in [1.165, 1.54) is 26.2 Å². The number of furan rings is 1. The number of carbonyl (C=O) groups is 1. The van der Waals surface area contributed by atoms with Gasteiger partial charge in [0.25, 0.3) is 15.9 Å². The van der Waals surface area contributed by atoms with Crippen molar-refractivity contribution >= 4 is 21.7 Å². The highest BCUT2D eigenvalue weighted by Crippen LogP contribution is 2.18. The van der Waals surface area contributed by atoms with Crippen LogP contribution in [0.2, 0.25) is 0 Å². The number of amides is 1. The number of sulfonamides is 1. The highest BCUT2D eigenvalue weighted by molar-refractivity contribution is 7.88. The smallest absolute Gasteiger partial charge is 0.292 e. The zero-order valence-corrected chi connectivity index (χ0v) is 12.0. The molecule has 108 valence electrons. The summed E-state index contributed by atoms with van der Waals surface area (Å²) in [5.74, 6) is -0.222. The van der Waals surface area contributed by atoms with E-state index in [4.69, 9.17) is 4.42 Å². The van der Waals surface area contributed by atoms with Crippen molar-refractivity contribution in [1.29, 1.82) is 0 Å². The van der Waals surface area contributed by atoms with Gasteiger partial charge >= 0.3 is 0 Å². The number of hydrogen-bond donors (Lipinski definition) is 2. The lowest BCUT2D eigenvalue weighted by Crippen LogP contribution is -2.21. The van der Waals surface area contributed by atoms with E-state index in [1.807, 2.05) is 0 Å². The van der Waals surface area contributed by atoms with Crippen molar-refractivity contribution < 1.29 is 17.6 Å². The van der Waals surface area contributed by atoms with Crippen LogP contribution in [-0.2, 0) is 10.0 Å². The van der Waals surface area contributed by atoms with Crippen LogP contribution >= 0.6 is 0 Å². The quantitative estimate of drug-likeness (QED) is 0.868. The lowest BCUT2D eigenvalue weighted by atomic mass is 10.3. The topological polar surface area (TPSA) is 108 Å². The second kappa shape index (κ2) is 5.10. The Morgan fingerprint density at radius 1 is 1.40 bits per heavy atom. The molecule has 0 radical (unpaired) electrons. The molecule has 2 heterocycles. The number of rotatable bonds is 4. The molecule has 2 N–H and O–H groups in total. The van der Waals surface area contributed by atoms with E-state index in [0.717, 1.165) is 9.87 Å². The summed E-state index contributed by atoms with van der Waals surface area (Å²) in [7, 11) is -0.932. The van der Waals surface area contributed by atoms with Crippen molar-refractivity contribution in [3.63, 3.8) is 0 Å². The van der Waals surface area contributed by atoms with Crippen LogP contribution in [0.4, 0.5) is 5.82 Å². The van der Waals surface area contributed by atoms with Gasteiger partial charge in [-0.3, -0.25) is 9.89 Å². The van der Waals surface area contributed by atoms with E-state index in [-0.39, 0.29) is 10.9 Å². The maximum atomic E-state index is 11.9. The molecule has 0 fully saturated rings. The highest BCUT2D eigenvalue weighted by Gasteiger charge is 2.23. The van der Waals surface area contributed by atoms with Crippen LogP contribution in [0.3, 0.4) is 0 Å². The van der Waals surface area contributed by atoms with Gasteiger partial charge in [0.1, 0.15) is 5.82 Å². The summed E-state index contributed by atoms with van der Waals surface area (Å²) in [5, 5.41) is 8.63. The number of aromatic nitrogens is 2. The minimum atomic E-state index is -3.69. The van der Waals surface area contributed by atoms with Gasteiger partial charge in [-0.2, -0.15) is 5.10 Å². The largest absolute Gasteiger partial charge is 0.438 e. The van der Waals surface area contributed by atoms with Crippen molar-refractivity contribution in [2.45, 2.75) is 12.0 Å². The lowest BCUT2D eigenvalue weighted by molar-refractivity contribution is 0.0991. The third-order valence-corrected chi connectivity index (χ3v) is 4.30. The Morgan fingerprint density at radius 2 is 2.10 bits per heavy atom. The van der Waals surface area contributed by atoms with E-state index in [2.05, 4.69) is 15.5 Å². The molecule has 0 unspecified atom stereocenters. The normalized spacial score (nSPS) is 11.8. The molecule has 0 spiro atoms. The Hall–Kier alpha value is -2.13. The van der Waals surface area contributed by atoms with Gasteiger partial charge in [0, 0.05) is 19.7 Å². The zero-order chi connectivity index (χ0) is 14.9. The van der Waals surface area contributed by atoms with Gasteiger partial charge < -0.3 is 9.73 Å². The number of hydrogen-bond acceptors (Lipinski definition) is 5. The molecule has 1 amide bonds. The maximum absolute atomic E-state index is 11.9. The molecule has 0 aromatic carbocycles. The minimum Gasteiger partial charge on any atom is -0.438 e. The molecule has 0 bridgehead atoms. The van der Waals surface area contributed by atoms with Gasteiger partial charge in [0.15, 0.2) is 5.76 Å². The Morgan fingerprint density at radius 3 is 2.65 bits per heavy atom. The molecule has 2 rings (SSSR count). The maximum Gasteiger partial charge on any atom is 0.292 e. The third-order valence-electron chi connectivity index (χ3n) is 2.61. The molecule has 0 saturated heterocycles. The van der Waals surface area contributed by atoms with Crippen molar-refractivity contribution in [1.82, 2.24) is 14.5 Å². The lowest BCUT2D eigenvalue weighted by Gasteiger charge is -2.07. The van der Waals surface area contributed by atoms with Crippen LogP contribution in [0.15, 0.2) is 27.8 Å². The zero-order valence-electron chi connectivity index (χ0n) is 11.2. The Balaban J connectivity index is 2.21. The van der Waals surface area contributed by atoms with Gasteiger partial charge in [-0.1, -0.05) is 0 Å². The van der Waals surface area contributed by atoms with Crippen LogP contribution in [0.25, 0.3) is 0 Å². The SMILES string of the molecule is Cc1cn[nH]c1NC(=O)c1ccc(S(=O)(=O)N(C)C)o1. The number of anilines is 1. The molecule has 0 aliphatic rings. The predicted molar refractivity (Wildman–Crippen MR) is 70.9 cm³/mol. The predicted octanol–water partition coefficient (Wildman–Crippen LogP) is 0.814. The second-order valence-electron chi connectivity index (χ2n) is 4.29. The summed E-state index contributed by atoms with van der Waals surface area (Å²) in [4.78, 5) is 11.9. The number of aryl methyl sites for hydroxylation is 1. The molecule has 0 atom stereocenters. The first-order chi connectivity index (χ1) is 9.32. The molecule has 20 heavy (non-hydrogen) atoms. The van der Waals surface area contributed by atoms with Crippen LogP contribution in [0.5, 0.6) is 0 Å². The first-order valence-electron chi connectivity index (χ1n) is 5.66. The first-order valence-corrected chi connectivity index (χ1v) is 7.10. The van der Waals surface area contributed by atoms with E-state index >= 15 is 0 Å². The van der Waals surface area contributed by atoms with Crippen LogP contribution < -0.4 is 5.32 Å². The molecule has 0 saturated carbocycles. The summed E-state index contributed by atoms with van der Waals surface area (Å²) in [6, 6.07) is 2.54. The fourth-order valence-electron chi connectivity index (χ4n) is 1.41.